The highest BCUT2D eigenvalue weighted by Crippen LogP contribution is 2.24. The van der Waals surface area contributed by atoms with Gasteiger partial charge in [0.2, 0.25) is 0 Å². The van der Waals surface area contributed by atoms with Gasteiger partial charge in [0.25, 0.3) is 15.9 Å². The number of benzene rings is 3. The van der Waals surface area contributed by atoms with Crippen LogP contribution in [-0.4, -0.2) is 32.7 Å². The number of hydrogen-bond acceptors (Lipinski definition) is 6. The molecule has 0 bridgehead atoms. The molecule has 0 radical (unpaired) electrons. The first-order valence-electron chi connectivity index (χ1n) is 11.7. The molecule has 0 aromatic heterocycles. The van der Waals surface area contributed by atoms with Gasteiger partial charge in [-0.3, -0.25) is 14.8 Å². The predicted octanol–water partition coefficient (Wildman–Crippen LogP) is 5.08. The SMILES string of the molecule is CCOc1ccc(NS(=O)(=O)c2ccc(NC(=S)NC(=O)COc3ccc(C(C)(C)C)cc3)cc2)cc1. The summed E-state index contributed by atoms with van der Waals surface area (Å²) in [5, 5.41) is 5.47. The van der Waals surface area contributed by atoms with Crippen molar-refractivity contribution in [3.05, 3.63) is 78.4 Å². The van der Waals surface area contributed by atoms with Crippen molar-refractivity contribution in [1.82, 2.24) is 5.32 Å². The number of ether oxygens (including phenoxy) is 2. The second kappa shape index (κ2) is 12.1. The molecule has 0 spiro atoms. The van der Waals surface area contributed by atoms with E-state index in [0.29, 0.717) is 29.5 Å². The van der Waals surface area contributed by atoms with Gasteiger partial charge >= 0.3 is 0 Å². The van der Waals surface area contributed by atoms with E-state index < -0.39 is 15.9 Å². The van der Waals surface area contributed by atoms with E-state index in [2.05, 4.69) is 36.1 Å². The Balaban J connectivity index is 1.49. The van der Waals surface area contributed by atoms with Crippen molar-refractivity contribution >= 4 is 44.6 Å². The normalized spacial score (nSPS) is 11.4. The number of carbonyl (C=O) groups is 1. The molecule has 0 aliphatic carbocycles. The van der Waals surface area contributed by atoms with Crippen LogP contribution < -0.4 is 24.8 Å². The van der Waals surface area contributed by atoms with Crippen LogP contribution in [0.3, 0.4) is 0 Å². The summed E-state index contributed by atoms with van der Waals surface area (Å²) >= 11 is 5.18. The molecule has 10 heteroatoms. The lowest BCUT2D eigenvalue weighted by Gasteiger charge is -2.19. The maximum Gasteiger partial charge on any atom is 0.264 e. The molecule has 8 nitrogen and oxygen atoms in total. The molecule has 37 heavy (non-hydrogen) atoms. The number of sulfonamides is 1. The van der Waals surface area contributed by atoms with Gasteiger partial charge in [0.05, 0.1) is 11.5 Å². The Labute approximate surface area is 223 Å². The van der Waals surface area contributed by atoms with E-state index in [0.717, 1.165) is 0 Å². The first-order chi connectivity index (χ1) is 17.5. The van der Waals surface area contributed by atoms with Crippen molar-refractivity contribution in [2.75, 3.05) is 23.3 Å². The molecule has 0 aliphatic rings. The van der Waals surface area contributed by atoms with E-state index in [1.165, 1.54) is 17.7 Å². The smallest absolute Gasteiger partial charge is 0.264 e. The zero-order valence-electron chi connectivity index (χ0n) is 21.2. The molecular formula is C27H31N3O5S2. The minimum atomic E-state index is -3.79. The third kappa shape index (κ3) is 8.47. The second-order valence-electron chi connectivity index (χ2n) is 9.15. The van der Waals surface area contributed by atoms with E-state index in [1.54, 1.807) is 36.4 Å². The Kier molecular flexibility index (Phi) is 9.12. The fourth-order valence-electron chi connectivity index (χ4n) is 3.24. The van der Waals surface area contributed by atoms with Crippen molar-refractivity contribution in [3.63, 3.8) is 0 Å². The van der Waals surface area contributed by atoms with Gasteiger partial charge in [-0.05, 0) is 90.8 Å². The number of anilines is 2. The zero-order chi connectivity index (χ0) is 27.1. The molecule has 3 N–H and O–H groups in total. The third-order valence-corrected chi connectivity index (χ3v) is 6.78. The molecule has 0 atom stereocenters. The van der Waals surface area contributed by atoms with Crippen LogP contribution in [0.1, 0.15) is 33.3 Å². The highest BCUT2D eigenvalue weighted by atomic mass is 32.2. The summed E-state index contributed by atoms with van der Waals surface area (Å²) in [6.45, 7) is 8.56. The van der Waals surface area contributed by atoms with Crippen LogP contribution in [0.5, 0.6) is 11.5 Å². The number of amides is 1. The maximum absolute atomic E-state index is 12.7. The van der Waals surface area contributed by atoms with Gasteiger partial charge in [0.15, 0.2) is 11.7 Å². The zero-order valence-corrected chi connectivity index (χ0v) is 22.8. The van der Waals surface area contributed by atoms with Crippen LogP contribution in [0, 0.1) is 0 Å². The quantitative estimate of drug-likeness (QED) is 0.325. The Morgan fingerprint density at radius 1 is 0.838 bits per heavy atom. The van der Waals surface area contributed by atoms with Crippen LogP contribution in [0.15, 0.2) is 77.7 Å². The molecule has 3 aromatic rings. The van der Waals surface area contributed by atoms with E-state index >= 15 is 0 Å². The van der Waals surface area contributed by atoms with Crippen molar-refractivity contribution in [1.29, 1.82) is 0 Å². The van der Waals surface area contributed by atoms with Crippen molar-refractivity contribution in [2.24, 2.45) is 0 Å². The van der Waals surface area contributed by atoms with Gasteiger partial charge in [-0.25, -0.2) is 8.42 Å². The van der Waals surface area contributed by atoms with Crippen LogP contribution in [-0.2, 0) is 20.2 Å². The Morgan fingerprint density at radius 2 is 1.38 bits per heavy atom. The fourth-order valence-corrected chi connectivity index (χ4v) is 4.53. The molecule has 196 valence electrons. The van der Waals surface area contributed by atoms with Gasteiger partial charge in [-0.15, -0.1) is 0 Å². The summed E-state index contributed by atoms with van der Waals surface area (Å²) in [7, 11) is -3.79. The topological polar surface area (TPSA) is 106 Å². The van der Waals surface area contributed by atoms with E-state index in [-0.39, 0.29) is 22.0 Å². The largest absolute Gasteiger partial charge is 0.494 e. The van der Waals surface area contributed by atoms with Crippen molar-refractivity contribution in [3.8, 4) is 11.5 Å². The fraction of sp³-hybridized carbons (Fsp3) is 0.259. The van der Waals surface area contributed by atoms with E-state index in [1.807, 2.05) is 31.2 Å². The lowest BCUT2D eigenvalue weighted by Crippen LogP contribution is -2.37. The summed E-state index contributed by atoms with van der Waals surface area (Å²) < 4.78 is 38.8. The van der Waals surface area contributed by atoms with Gasteiger partial charge < -0.3 is 14.8 Å². The minimum absolute atomic E-state index is 0.0306. The lowest BCUT2D eigenvalue weighted by atomic mass is 9.87. The van der Waals surface area contributed by atoms with Crippen LogP contribution in [0.4, 0.5) is 11.4 Å². The average Bonchev–Trinajstić information content (AvgIpc) is 2.84. The number of rotatable bonds is 9. The van der Waals surface area contributed by atoms with Crippen LogP contribution in [0.25, 0.3) is 0 Å². The van der Waals surface area contributed by atoms with Gasteiger partial charge in [-0.2, -0.15) is 0 Å². The Bertz CT molecular complexity index is 1320. The number of hydrogen-bond donors (Lipinski definition) is 3. The molecule has 0 fully saturated rings. The molecule has 3 rings (SSSR count). The first kappa shape index (κ1) is 27.9. The van der Waals surface area contributed by atoms with Crippen molar-refractivity contribution < 1.29 is 22.7 Å². The van der Waals surface area contributed by atoms with Crippen LogP contribution in [0.2, 0.25) is 0 Å². The van der Waals surface area contributed by atoms with Crippen LogP contribution >= 0.6 is 12.2 Å². The summed E-state index contributed by atoms with van der Waals surface area (Å²) in [6.07, 6.45) is 0. The highest BCUT2D eigenvalue weighted by Gasteiger charge is 2.15. The third-order valence-electron chi connectivity index (χ3n) is 5.18. The summed E-state index contributed by atoms with van der Waals surface area (Å²) in [5.41, 5.74) is 2.13. The molecular weight excluding hydrogens is 510 g/mol. The molecule has 0 saturated carbocycles. The molecule has 3 aromatic carbocycles. The summed E-state index contributed by atoms with van der Waals surface area (Å²) in [4.78, 5) is 12.3. The molecule has 0 unspecified atom stereocenters. The molecule has 0 heterocycles. The standard InChI is InChI=1S/C27H31N3O5S2/c1-5-34-22-14-8-21(9-15-22)30-37(32,33)24-16-10-20(11-17-24)28-26(36)29-25(31)18-35-23-12-6-19(7-13-23)27(2,3)4/h6-17,30H,5,18H2,1-4H3,(H2,28,29,31,36). The molecule has 0 saturated heterocycles. The van der Waals surface area contributed by atoms with Gasteiger partial charge in [-0.1, -0.05) is 32.9 Å². The second-order valence-corrected chi connectivity index (χ2v) is 11.2. The highest BCUT2D eigenvalue weighted by molar-refractivity contribution is 7.92. The lowest BCUT2D eigenvalue weighted by molar-refractivity contribution is -0.121. The summed E-state index contributed by atoms with van der Waals surface area (Å²) in [6, 6.07) is 20.2. The molecule has 0 aliphatic heterocycles. The minimum Gasteiger partial charge on any atom is -0.494 e. The van der Waals surface area contributed by atoms with E-state index in [9.17, 15) is 13.2 Å². The summed E-state index contributed by atoms with van der Waals surface area (Å²) in [5.74, 6) is 0.819. The number of carbonyl (C=O) groups excluding carboxylic acids is 1. The number of thiocarbonyl (C=S) groups is 1. The Morgan fingerprint density at radius 3 is 1.95 bits per heavy atom. The monoisotopic (exact) mass is 541 g/mol. The van der Waals surface area contributed by atoms with Gasteiger partial charge in [0.1, 0.15) is 11.5 Å². The number of nitrogens with one attached hydrogen (secondary N) is 3. The van der Waals surface area contributed by atoms with Gasteiger partial charge in [0, 0.05) is 11.4 Å². The predicted molar refractivity (Wildman–Crippen MR) is 150 cm³/mol. The maximum atomic E-state index is 12.7. The Hall–Kier alpha value is -3.63. The first-order valence-corrected chi connectivity index (χ1v) is 13.6. The average molecular weight is 542 g/mol. The molecule has 1 amide bonds. The van der Waals surface area contributed by atoms with E-state index in [4.69, 9.17) is 21.7 Å². The van der Waals surface area contributed by atoms with Crippen molar-refractivity contribution in [2.45, 2.75) is 38.0 Å².